The van der Waals surface area contributed by atoms with Crippen LogP contribution in [-0.2, 0) is 6.42 Å². The van der Waals surface area contributed by atoms with E-state index in [2.05, 4.69) is 18.9 Å². The van der Waals surface area contributed by atoms with Crippen LogP contribution in [0.5, 0.6) is 11.5 Å². The Labute approximate surface area is 125 Å². The molecule has 0 aliphatic heterocycles. The fourth-order valence-electron chi connectivity index (χ4n) is 2.15. The number of hydrogen-bond donors (Lipinski definition) is 1. The number of methoxy groups -OCH3 is 2. The summed E-state index contributed by atoms with van der Waals surface area (Å²) in [6, 6.07) is 7.68. The lowest BCUT2D eigenvalue weighted by Crippen LogP contribution is -2.06. The van der Waals surface area contributed by atoms with Gasteiger partial charge in [0.05, 0.1) is 26.0 Å². The molecule has 2 aromatic rings. The number of aromatic nitrogens is 2. The van der Waals surface area contributed by atoms with E-state index in [4.69, 9.17) is 9.47 Å². The van der Waals surface area contributed by atoms with Gasteiger partial charge in [-0.1, -0.05) is 6.07 Å². The van der Waals surface area contributed by atoms with Crippen LogP contribution < -0.4 is 9.47 Å². The molecule has 1 N–H and O–H groups in total. The molecule has 2 rings (SSSR count). The summed E-state index contributed by atoms with van der Waals surface area (Å²) in [6.45, 7) is 4.14. The van der Waals surface area contributed by atoms with Crippen LogP contribution in [0.2, 0.25) is 0 Å². The number of benzene rings is 1. The normalized spacial score (nSPS) is 12.5. The minimum Gasteiger partial charge on any atom is -0.493 e. The maximum Gasteiger partial charge on any atom is 0.161 e. The van der Waals surface area contributed by atoms with Gasteiger partial charge in [0.25, 0.3) is 0 Å². The number of hydrogen-bond acceptors (Lipinski definition) is 4. The minimum absolute atomic E-state index is 0.317. The maximum atomic E-state index is 10.4. The first-order valence-electron chi connectivity index (χ1n) is 6.99. The third-order valence-electron chi connectivity index (χ3n) is 3.39. The van der Waals surface area contributed by atoms with E-state index in [1.54, 1.807) is 26.4 Å². The Morgan fingerprint density at radius 1 is 1.14 bits per heavy atom. The summed E-state index contributed by atoms with van der Waals surface area (Å²) in [7, 11) is 3.17. The SMILES string of the molecule is COc1ccc(C(O)Cc2ccn(C(C)C)n2)cc1OC. The average molecular weight is 290 g/mol. The van der Waals surface area contributed by atoms with Crippen molar-refractivity contribution in [2.24, 2.45) is 0 Å². The molecule has 0 spiro atoms. The standard InChI is InChI=1S/C16H22N2O3/c1-11(2)18-8-7-13(17-18)10-14(19)12-5-6-15(20-3)16(9-12)21-4/h5-9,11,14,19H,10H2,1-4H3. The molecular formula is C16H22N2O3. The van der Waals surface area contributed by atoms with Gasteiger partial charge in [-0.2, -0.15) is 5.10 Å². The Balaban J connectivity index is 2.13. The molecule has 0 bridgehead atoms. The van der Waals surface area contributed by atoms with Crippen molar-refractivity contribution in [3.63, 3.8) is 0 Å². The number of ether oxygens (including phenoxy) is 2. The van der Waals surface area contributed by atoms with E-state index in [1.165, 1.54) is 0 Å². The molecular weight excluding hydrogens is 268 g/mol. The summed E-state index contributed by atoms with van der Waals surface area (Å²) in [5.41, 5.74) is 1.65. The molecule has 0 aliphatic rings. The van der Waals surface area contributed by atoms with Gasteiger partial charge >= 0.3 is 0 Å². The summed E-state index contributed by atoms with van der Waals surface area (Å²) in [4.78, 5) is 0. The van der Waals surface area contributed by atoms with Crippen molar-refractivity contribution in [3.8, 4) is 11.5 Å². The van der Waals surface area contributed by atoms with Crippen molar-refractivity contribution in [1.29, 1.82) is 0 Å². The Morgan fingerprint density at radius 3 is 2.43 bits per heavy atom. The monoisotopic (exact) mass is 290 g/mol. The zero-order valence-electron chi connectivity index (χ0n) is 12.9. The lowest BCUT2D eigenvalue weighted by molar-refractivity contribution is 0.176. The van der Waals surface area contributed by atoms with Crippen molar-refractivity contribution in [2.45, 2.75) is 32.4 Å². The van der Waals surface area contributed by atoms with Crippen LogP contribution >= 0.6 is 0 Å². The molecule has 0 saturated heterocycles. The number of nitrogens with zero attached hydrogens (tertiary/aromatic N) is 2. The largest absolute Gasteiger partial charge is 0.493 e. The van der Waals surface area contributed by atoms with Gasteiger partial charge in [0.2, 0.25) is 0 Å². The van der Waals surface area contributed by atoms with Crippen molar-refractivity contribution in [1.82, 2.24) is 9.78 Å². The number of aliphatic hydroxyl groups excluding tert-OH is 1. The fraction of sp³-hybridized carbons (Fsp3) is 0.438. The first-order valence-corrected chi connectivity index (χ1v) is 6.99. The number of aliphatic hydroxyl groups is 1. The van der Waals surface area contributed by atoms with Crippen LogP contribution in [-0.4, -0.2) is 29.1 Å². The van der Waals surface area contributed by atoms with Crippen molar-refractivity contribution < 1.29 is 14.6 Å². The van der Waals surface area contributed by atoms with E-state index in [0.717, 1.165) is 11.3 Å². The molecule has 0 radical (unpaired) electrons. The predicted molar refractivity (Wildman–Crippen MR) is 80.8 cm³/mol. The first-order chi connectivity index (χ1) is 10.0. The van der Waals surface area contributed by atoms with Crippen molar-refractivity contribution >= 4 is 0 Å². The minimum atomic E-state index is -0.625. The van der Waals surface area contributed by atoms with Gasteiger partial charge in [-0.3, -0.25) is 4.68 Å². The van der Waals surface area contributed by atoms with Crippen LogP contribution in [0.15, 0.2) is 30.5 Å². The van der Waals surface area contributed by atoms with Gasteiger partial charge in [-0.25, -0.2) is 0 Å². The quantitative estimate of drug-likeness (QED) is 0.888. The summed E-state index contributed by atoms with van der Waals surface area (Å²) in [5.74, 6) is 1.26. The zero-order chi connectivity index (χ0) is 15.4. The molecule has 0 fully saturated rings. The first kappa shape index (κ1) is 15.4. The van der Waals surface area contributed by atoms with Crippen molar-refractivity contribution in [3.05, 3.63) is 41.7 Å². The topological polar surface area (TPSA) is 56.5 Å². The highest BCUT2D eigenvalue weighted by Gasteiger charge is 2.14. The fourth-order valence-corrected chi connectivity index (χ4v) is 2.15. The van der Waals surface area contributed by atoms with Crippen LogP contribution in [0, 0.1) is 0 Å². The highest BCUT2D eigenvalue weighted by Crippen LogP contribution is 2.30. The zero-order valence-corrected chi connectivity index (χ0v) is 12.9. The van der Waals surface area contributed by atoms with E-state index in [1.807, 2.05) is 23.0 Å². The molecule has 1 unspecified atom stereocenters. The Morgan fingerprint density at radius 2 is 1.86 bits per heavy atom. The summed E-state index contributed by atoms with van der Waals surface area (Å²) in [5, 5.41) is 14.8. The molecule has 5 nitrogen and oxygen atoms in total. The molecule has 21 heavy (non-hydrogen) atoms. The predicted octanol–water partition coefficient (Wildman–Crippen LogP) is 2.76. The van der Waals surface area contributed by atoms with E-state index in [9.17, 15) is 5.11 Å². The Bertz CT molecular complexity index is 593. The third-order valence-corrected chi connectivity index (χ3v) is 3.39. The molecule has 1 aromatic carbocycles. The average Bonchev–Trinajstić information content (AvgIpc) is 2.95. The molecule has 5 heteroatoms. The second-order valence-corrected chi connectivity index (χ2v) is 5.22. The number of rotatable bonds is 6. The van der Waals surface area contributed by atoms with E-state index in [0.29, 0.717) is 24.0 Å². The molecule has 114 valence electrons. The highest BCUT2D eigenvalue weighted by molar-refractivity contribution is 5.43. The van der Waals surface area contributed by atoms with Crippen LogP contribution in [0.3, 0.4) is 0 Å². The van der Waals surface area contributed by atoms with Gasteiger partial charge in [-0.15, -0.1) is 0 Å². The Hall–Kier alpha value is -2.01. The van der Waals surface area contributed by atoms with Crippen LogP contribution in [0.25, 0.3) is 0 Å². The van der Waals surface area contributed by atoms with Gasteiger partial charge in [-0.05, 0) is 37.6 Å². The Kier molecular flexibility index (Phi) is 4.85. The van der Waals surface area contributed by atoms with Crippen molar-refractivity contribution in [2.75, 3.05) is 14.2 Å². The van der Waals surface area contributed by atoms with E-state index in [-0.39, 0.29) is 0 Å². The van der Waals surface area contributed by atoms with Gasteiger partial charge in [0.15, 0.2) is 11.5 Å². The lowest BCUT2D eigenvalue weighted by atomic mass is 10.0. The molecule has 1 atom stereocenters. The molecule has 0 saturated carbocycles. The highest BCUT2D eigenvalue weighted by atomic mass is 16.5. The van der Waals surface area contributed by atoms with Crippen LogP contribution in [0.4, 0.5) is 0 Å². The lowest BCUT2D eigenvalue weighted by Gasteiger charge is -2.13. The van der Waals surface area contributed by atoms with E-state index < -0.39 is 6.10 Å². The maximum absolute atomic E-state index is 10.4. The van der Waals surface area contributed by atoms with E-state index >= 15 is 0 Å². The summed E-state index contributed by atoms with van der Waals surface area (Å²) >= 11 is 0. The third kappa shape index (κ3) is 3.55. The molecule has 0 aliphatic carbocycles. The molecule has 0 amide bonds. The second-order valence-electron chi connectivity index (χ2n) is 5.22. The molecule has 1 heterocycles. The summed E-state index contributed by atoms with van der Waals surface area (Å²) in [6.07, 6.45) is 1.77. The van der Waals surface area contributed by atoms with Gasteiger partial charge < -0.3 is 14.6 Å². The van der Waals surface area contributed by atoms with Gasteiger partial charge in [0.1, 0.15) is 0 Å². The smallest absolute Gasteiger partial charge is 0.161 e. The molecule has 1 aromatic heterocycles. The van der Waals surface area contributed by atoms with Crippen LogP contribution in [0.1, 0.15) is 37.3 Å². The second kappa shape index (κ2) is 6.63. The summed E-state index contributed by atoms with van der Waals surface area (Å²) < 4.78 is 12.3. The van der Waals surface area contributed by atoms with Gasteiger partial charge in [0, 0.05) is 18.7 Å².